The number of aryl methyl sites for hydroxylation is 1. The van der Waals surface area contributed by atoms with E-state index in [4.69, 9.17) is 0 Å². The van der Waals surface area contributed by atoms with E-state index in [-0.39, 0.29) is 17.6 Å². The summed E-state index contributed by atoms with van der Waals surface area (Å²) in [5.74, 6) is 0.123. The van der Waals surface area contributed by atoms with Crippen molar-refractivity contribution in [3.63, 3.8) is 0 Å². The van der Waals surface area contributed by atoms with Gasteiger partial charge in [-0.3, -0.25) is 14.5 Å². The number of para-hydroxylation sites is 1. The van der Waals surface area contributed by atoms with Crippen LogP contribution in [0.4, 0.5) is 5.69 Å². The van der Waals surface area contributed by atoms with Crippen LogP contribution in [0.15, 0.2) is 78.0 Å². The molecule has 1 heterocycles. The average Bonchev–Trinajstić information content (AvgIpc) is 2.78. The molecule has 0 aromatic heterocycles. The number of Topliss-reactive ketones (excluding diaryl/α,β-unsaturated/α-hetero) is 1. The van der Waals surface area contributed by atoms with Crippen LogP contribution in [0.25, 0.3) is 10.8 Å². The first-order valence-corrected chi connectivity index (χ1v) is 10.8. The van der Waals surface area contributed by atoms with Crippen LogP contribution in [0.3, 0.4) is 0 Å². The maximum atomic E-state index is 13.5. The summed E-state index contributed by atoms with van der Waals surface area (Å²) in [6.07, 6.45) is 3.33. The lowest BCUT2D eigenvalue weighted by atomic mass is 9.76. The van der Waals surface area contributed by atoms with Crippen molar-refractivity contribution in [2.45, 2.75) is 44.9 Å². The summed E-state index contributed by atoms with van der Waals surface area (Å²) in [4.78, 5) is 28.4. The number of rotatable bonds is 3. The third kappa shape index (κ3) is 3.06. The lowest BCUT2D eigenvalue weighted by molar-refractivity contribution is -0.119. The van der Waals surface area contributed by atoms with Crippen LogP contribution in [-0.4, -0.2) is 11.7 Å². The Morgan fingerprint density at radius 1 is 0.900 bits per heavy atom. The third-order valence-electron chi connectivity index (χ3n) is 6.46. The van der Waals surface area contributed by atoms with Gasteiger partial charge in [0.25, 0.3) is 0 Å². The van der Waals surface area contributed by atoms with Gasteiger partial charge >= 0.3 is 0 Å². The van der Waals surface area contributed by atoms with Crippen molar-refractivity contribution >= 4 is 28.2 Å². The van der Waals surface area contributed by atoms with E-state index in [0.717, 1.165) is 52.7 Å². The molecule has 0 fully saturated rings. The second-order valence-corrected chi connectivity index (χ2v) is 8.21. The van der Waals surface area contributed by atoms with Crippen LogP contribution in [0.1, 0.15) is 49.7 Å². The highest BCUT2D eigenvalue weighted by Crippen LogP contribution is 2.44. The van der Waals surface area contributed by atoms with E-state index < -0.39 is 0 Å². The van der Waals surface area contributed by atoms with Crippen LogP contribution in [0.2, 0.25) is 0 Å². The highest BCUT2D eigenvalue weighted by Gasteiger charge is 2.40. The van der Waals surface area contributed by atoms with Gasteiger partial charge in [0, 0.05) is 30.0 Å². The summed E-state index contributed by atoms with van der Waals surface area (Å²) in [6, 6.07) is 22.6. The zero-order chi connectivity index (χ0) is 20.7. The highest BCUT2D eigenvalue weighted by atomic mass is 16.2. The minimum atomic E-state index is -0.157. The number of allylic oxidation sites excluding steroid dienone is 2. The number of fused-ring (bicyclic) bond motifs is 1. The zero-order valence-corrected chi connectivity index (χ0v) is 17.2. The van der Waals surface area contributed by atoms with Crippen molar-refractivity contribution in [1.29, 1.82) is 0 Å². The number of anilines is 1. The molecule has 3 heteroatoms. The third-order valence-corrected chi connectivity index (χ3v) is 6.46. The molecule has 0 bridgehead atoms. The second kappa shape index (κ2) is 7.56. The van der Waals surface area contributed by atoms with Crippen molar-refractivity contribution in [2.75, 3.05) is 4.90 Å². The van der Waals surface area contributed by atoms with Gasteiger partial charge in [-0.1, -0.05) is 67.6 Å². The molecular formula is C27H25NO2. The molecule has 0 saturated carbocycles. The second-order valence-electron chi connectivity index (χ2n) is 8.21. The predicted octanol–water partition coefficient (Wildman–Crippen LogP) is 5.93. The molecule has 3 nitrogen and oxygen atoms in total. The fraction of sp³-hybridized carbons (Fsp3) is 0.259. The van der Waals surface area contributed by atoms with Gasteiger partial charge < -0.3 is 0 Å². The predicted molar refractivity (Wildman–Crippen MR) is 120 cm³/mol. The Bertz CT molecular complexity index is 1190. The smallest absolute Gasteiger partial charge is 0.232 e. The first-order chi connectivity index (χ1) is 14.7. The standard InChI is InChI=1S/C27H25NO2/c1-2-18-8-5-6-11-23(18)28-24-12-7-13-25(29)27(24)22(17-26(28)30)21-15-14-19-9-3-4-10-20(19)16-21/h3-6,8-11,14-16,22H,2,7,12-13,17H2,1H3. The van der Waals surface area contributed by atoms with E-state index in [0.29, 0.717) is 12.8 Å². The molecule has 5 rings (SSSR count). The van der Waals surface area contributed by atoms with Gasteiger partial charge in [-0.05, 0) is 47.2 Å². The van der Waals surface area contributed by atoms with Gasteiger partial charge in [-0.25, -0.2) is 0 Å². The number of benzene rings is 3. The number of carbonyl (C=O) groups excluding carboxylic acids is 2. The molecule has 1 aliphatic carbocycles. The van der Waals surface area contributed by atoms with Gasteiger partial charge in [0.05, 0.1) is 5.69 Å². The Kier molecular flexibility index (Phi) is 4.74. The van der Waals surface area contributed by atoms with E-state index in [1.807, 2.05) is 35.2 Å². The largest absolute Gasteiger partial charge is 0.294 e. The van der Waals surface area contributed by atoms with Crippen LogP contribution >= 0.6 is 0 Å². The normalized spacial score (nSPS) is 19.4. The first-order valence-electron chi connectivity index (χ1n) is 10.8. The Hall–Kier alpha value is -3.20. The molecule has 1 amide bonds. The van der Waals surface area contributed by atoms with E-state index in [1.165, 1.54) is 5.39 Å². The van der Waals surface area contributed by atoms with Crippen LogP contribution in [-0.2, 0) is 16.0 Å². The summed E-state index contributed by atoms with van der Waals surface area (Å²) in [6.45, 7) is 2.10. The van der Waals surface area contributed by atoms with Gasteiger partial charge in [0.2, 0.25) is 5.91 Å². The number of hydrogen-bond donors (Lipinski definition) is 0. The minimum absolute atomic E-state index is 0.0857. The van der Waals surface area contributed by atoms with E-state index in [2.05, 4.69) is 43.3 Å². The maximum Gasteiger partial charge on any atom is 0.232 e. The van der Waals surface area contributed by atoms with E-state index >= 15 is 0 Å². The highest BCUT2D eigenvalue weighted by molar-refractivity contribution is 6.08. The Morgan fingerprint density at radius 3 is 2.50 bits per heavy atom. The van der Waals surface area contributed by atoms with Gasteiger partial charge in [0.1, 0.15) is 0 Å². The topological polar surface area (TPSA) is 37.4 Å². The fourth-order valence-corrected chi connectivity index (χ4v) is 5.01. The average molecular weight is 396 g/mol. The lowest BCUT2D eigenvalue weighted by Crippen LogP contribution is -2.41. The summed E-state index contributed by atoms with van der Waals surface area (Å²) >= 11 is 0. The monoisotopic (exact) mass is 395 g/mol. The molecule has 30 heavy (non-hydrogen) atoms. The zero-order valence-electron chi connectivity index (χ0n) is 17.2. The van der Waals surface area contributed by atoms with E-state index in [1.54, 1.807) is 0 Å². The molecular weight excluding hydrogens is 370 g/mol. The molecule has 1 unspecified atom stereocenters. The van der Waals surface area contributed by atoms with Gasteiger partial charge in [-0.2, -0.15) is 0 Å². The summed E-state index contributed by atoms with van der Waals surface area (Å²) in [5, 5.41) is 2.32. The summed E-state index contributed by atoms with van der Waals surface area (Å²) < 4.78 is 0. The Morgan fingerprint density at radius 2 is 1.67 bits per heavy atom. The van der Waals surface area contributed by atoms with Crippen LogP contribution < -0.4 is 4.90 Å². The summed E-state index contributed by atoms with van der Waals surface area (Å²) in [7, 11) is 0. The minimum Gasteiger partial charge on any atom is -0.294 e. The molecule has 1 aliphatic heterocycles. The molecule has 0 spiro atoms. The number of ketones is 1. The fourth-order valence-electron chi connectivity index (χ4n) is 5.01. The first kappa shape index (κ1) is 18.8. The van der Waals surface area contributed by atoms with Crippen molar-refractivity contribution in [3.8, 4) is 0 Å². The molecule has 2 aliphatic rings. The summed E-state index contributed by atoms with van der Waals surface area (Å²) in [5.41, 5.74) is 4.90. The SMILES string of the molecule is CCc1ccccc1N1C(=O)CC(c2ccc3ccccc3c2)C2=C1CCCC2=O. The molecule has 0 radical (unpaired) electrons. The van der Waals surface area contributed by atoms with E-state index in [9.17, 15) is 9.59 Å². The molecule has 3 aromatic rings. The Labute approximate surface area is 177 Å². The number of carbonyl (C=O) groups is 2. The van der Waals surface area contributed by atoms with Crippen molar-refractivity contribution in [2.24, 2.45) is 0 Å². The Balaban J connectivity index is 1.67. The van der Waals surface area contributed by atoms with Crippen LogP contribution in [0.5, 0.6) is 0 Å². The van der Waals surface area contributed by atoms with Gasteiger partial charge in [-0.15, -0.1) is 0 Å². The van der Waals surface area contributed by atoms with Crippen LogP contribution in [0, 0.1) is 0 Å². The number of hydrogen-bond acceptors (Lipinski definition) is 2. The molecule has 3 aromatic carbocycles. The molecule has 150 valence electrons. The van der Waals surface area contributed by atoms with Gasteiger partial charge in [0.15, 0.2) is 5.78 Å². The number of amides is 1. The molecule has 1 atom stereocenters. The number of nitrogens with zero attached hydrogens (tertiary/aromatic N) is 1. The molecule has 0 saturated heterocycles. The quantitative estimate of drug-likeness (QED) is 0.551. The van der Waals surface area contributed by atoms with Crippen molar-refractivity contribution < 1.29 is 9.59 Å². The van der Waals surface area contributed by atoms with Crippen molar-refractivity contribution in [1.82, 2.24) is 0 Å². The lowest BCUT2D eigenvalue weighted by Gasteiger charge is -2.39. The molecule has 0 N–H and O–H groups in total. The van der Waals surface area contributed by atoms with Crippen molar-refractivity contribution in [3.05, 3.63) is 89.1 Å². The maximum absolute atomic E-state index is 13.5.